The summed E-state index contributed by atoms with van der Waals surface area (Å²) in [4.78, 5) is 14.9. The van der Waals surface area contributed by atoms with Crippen molar-refractivity contribution in [3.05, 3.63) is 0 Å². The van der Waals surface area contributed by atoms with E-state index in [1.165, 1.54) is 0 Å². The van der Waals surface area contributed by atoms with Crippen LogP contribution in [0.5, 0.6) is 0 Å². The second-order valence-electron chi connectivity index (χ2n) is 3.99. The lowest BCUT2D eigenvalue weighted by Crippen LogP contribution is -2.33. The summed E-state index contributed by atoms with van der Waals surface area (Å²) in [6.45, 7) is 10.1. The van der Waals surface area contributed by atoms with Crippen LogP contribution in [0.4, 0.5) is 0 Å². The van der Waals surface area contributed by atoms with E-state index in [2.05, 4.69) is 30.7 Å². The zero-order valence-corrected chi connectivity index (χ0v) is 10.5. The molecule has 0 spiro atoms. The minimum atomic E-state index is 0.712. The molecule has 0 rings (SSSR count). The fourth-order valence-corrected chi connectivity index (χ4v) is 1.57. The molecule has 0 aliphatic rings. The minimum absolute atomic E-state index is 0.712. The Morgan fingerprint density at radius 3 is 2.20 bits per heavy atom. The molecule has 0 unspecified atom stereocenters. The molecule has 0 radical (unpaired) electrons. The van der Waals surface area contributed by atoms with Gasteiger partial charge in [0.1, 0.15) is 6.29 Å². The molecule has 3 nitrogen and oxygen atoms in total. The molecule has 0 amide bonds. The Hall–Kier alpha value is -0.410. The largest absolute Gasteiger partial charge is 0.305 e. The lowest BCUT2D eigenvalue weighted by molar-refractivity contribution is -0.107. The number of nitrogens with zero attached hydrogens (tertiary/aromatic N) is 2. The molecule has 0 saturated carbocycles. The molecule has 0 saturated heterocycles. The highest BCUT2D eigenvalue weighted by atomic mass is 16.1. The number of hydrogen-bond donors (Lipinski definition) is 0. The highest BCUT2D eigenvalue weighted by molar-refractivity contribution is 5.48. The quantitative estimate of drug-likeness (QED) is 0.408. The van der Waals surface area contributed by atoms with Gasteiger partial charge in [0.25, 0.3) is 0 Å². The van der Waals surface area contributed by atoms with Crippen molar-refractivity contribution < 1.29 is 4.79 Å². The van der Waals surface area contributed by atoms with Gasteiger partial charge in [-0.3, -0.25) is 0 Å². The molecule has 0 aromatic carbocycles. The molecule has 0 aromatic rings. The van der Waals surface area contributed by atoms with Crippen LogP contribution < -0.4 is 0 Å². The van der Waals surface area contributed by atoms with Gasteiger partial charge < -0.3 is 14.6 Å². The predicted molar refractivity (Wildman–Crippen MR) is 65.2 cm³/mol. The first kappa shape index (κ1) is 14.6. The van der Waals surface area contributed by atoms with E-state index in [1.54, 1.807) is 0 Å². The normalized spacial score (nSPS) is 11.3. The van der Waals surface area contributed by atoms with E-state index in [-0.39, 0.29) is 0 Å². The van der Waals surface area contributed by atoms with Gasteiger partial charge >= 0.3 is 0 Å². The number of rotatable bonds is 10. The summed E-state index contributed by atoms with van der Waals surface area (Å²) in [6, 6.07) is 0. The van der Waals surface area contributed by atoms with Crippen LogP contribution in [0, 0.1) is 0 Å². The molecule has 90 valence electrons. The van der Waals surface area contributed by atoms with Gasteiger partial charge in [-0.05, 0) is 39.5 Å². The predicted octanol–water partition coefficient (Wildman–Crippen LogP) is 1.63. The first-order valence-electron chi connectivity index (χ1n) is 6.09. The van der Waals surface area contributed by atoms with Gasteiger partial charge in [0, 0.05) is 19.5 Å². The number of likely N-dealkylation sites (N-methyl/N-ethyl adjacent to an activating group) is 2. The molecular weight excluding hydrogens is 188 g/mol. The highest BCUT2D eigenvalue weighted by Gasteiger charge is 2.02. The first-order chi connectivity index (χ1) is 7.24. The molecule has 0 aliphatic carbocycles. The van der Waals surface area contributed by atoms with Crippen molar-refractivity contribution in [3.8, 4) is 0 Å². The Balaban J connectivity index is 3.39. The molecule has 0 heterocycles. The smallest absolute Gasteiger partial charge is 0.119 e. The SMILES string of the molecule is CCN(CC)CCN(C)CCCCC=O. The zero-order chi connectivity index (χ0) is 11.5. The molecule has 15 heavy (non-hydrogen) atoms. The number of unbranched alkanes of at least 4 members (excludes halogenated alkanes) is 2. The molecule has 0 fully saturated rings. The Morgan fingerprint density at radius 2 is 1.67 bits per heavy atom. The highest BCUT2D eigenvalue weighted by Crippen LogP contribution is 1.96. The third kappa shape index (κ3) is 8.58. The number of aldehydes is 1. The summed E-state index contributed by atoms with van der Waals surface area (Å²) in [5.74, 6) is 0. The van der Waals surface area contributed by atoms with Crippen molar-refractivity contribution in [1.29, 1.82) is 0 Å². The molecule has 0 aromatic heterocycles. The van der Waals surface area contributed by atoms with E-state index in [0.717, 1.165) is 51.9 Å². The van der Waals surface area contributed by atoms with Crippen LogP contribution in [0.1, 0.15) is 33.1 Å². The second kappa shape index (κ2) is 10.1. The number of hydrogen-bond acceptors (Lipinski definition) is 3. The monoisotopic (exact) mass is 214 g/mol. The van der Waals surface area contributed by atoms with Gasteiger partial charge in [-0.1, -0.05) is 13.8 Å². The second-order valence-corrected chi connectivity index (χ2v) is 3.99. The maximum atomic E-state index is 10.1. The Kier molecular flexibility index (Phi) is 9.84. The zero-order valence-electron chi connectivity index (χ0n) is 10.5. The van der Waals surface area contributed by atoms with Crippen LogP contribution in [-0.4, -0.2) is 55.9 Å². The lowest BCUT2D eigenvalue weighted by Gasteiger charge is -2.22. The van der Waals surface area contributed by atoms with Crippen LogP contribution in [0.25, 0.3) is 0 Å². The van der Waals surface area contributed by atoms with Gasteiger partial charge in [-0.2, -0.15) is 0 Å². The third-order valence-corrected chi connectivity index (χ3v) is 2.80. The summed E-state index contributed by atoms with van der Waals surface area (Å²) >= 11 is 0. The molecule has 0 bridgehead atoms. The summed E-state index contributed by atoms with van der Waals surface area (Å²) in [7, 11) is 2.16. The van der Waals surface area contributed by atoms with E-state index < -0.39 is 0 Å². The average molecular weight is 214 g/mol. The van der Waals surface area contributed by atoms with Crippen molar-refractivity contribution in [2.45, 2.75) is 33.1 Å². The fourth-order valence-electron chi connectivity index (χ4n) is 1.57. The van der Waals surface area contributed by atoms with E-state index in [4.69, 9.17) is 0 Å². The molecular formula is C12H26N2O. The van der Waals surface area contributed by atoms with Gasteiger partial charge in [-0.25, -0.2) is 0 Å². The van der Waals surface area contributed by atoms with Crippen molar-refractivity contribution in [1.82, 2.24) is 9.80 Å². The van der Waals surface area contributed by atoms with Crippen LogP contribution in [0.15, 0.2) is 0 Å². The number of carbonyl (C=O) groups excluding carboxylic acids is 1. The topological polar surface area (TPSA) is 23.6 Å². The summed E-state index contributed by atoms with van der Waals surface area (Å²) in [5.41, 5.74) is 0. The van der Waals surface area contributed by atoms with Gasteiger partial charge in [0.2, 0.25) is 0 Å². The average Bonchev–Trinajstić information content (AvgIpc) is 2.26. The molecule has 0 aliphatic heterocycles. The summed E-state index contributed by atoms with van der Waals surface area (Å²) < 4.78 is 0. The molecule has 0 atom stereocenters. The van der Waals surface area contributed by atoms with Crippen LogP contribution in [0.3, 0.4) is 0 Å². The van der Waals surface area contributed by atoms with Gasteiger partial charge in [0.15, 0.2) is 0 Å². The Labute approximate surface area is 94.4 Å². The maximum Gasteiger partial charge on any atom is 0.119 e. The van der Waals surface area contributed by atoms with E-state index in [0.29, 0.717) is 6.42 Å². The lowest BCUT2D eigenvalue weighted by atomic mass is 10.2. The van der Waals surface area contributed by atoms with E-state index in [9.17, 15) is 4.79 Å². The van der Waals surface area contributed by atoms with Crippen LogP contribution in [-0.2, 0) is 4.79 Å². The first-order valence-corrected chi connectivity index (χ1v) is 6.09. The van der Waals surface area contributed by atoms with Crippen molar-refractivity contribution >= 4 is 6.29 Å². The maximum absolute atomic E-state index is 10.1. The Bertz CT molecular complexity index is 147. The standard InChI is InChI=1S/C12H26N2O/c1-4-14(5-2)11-10-13(3)9-7-6-8-12-15/h12H,4-11H2,1-3H3. The van der Waals surface area contributed by atoms with Crippen molar-refractivity contribution in [3.63, 3.8) is 0 Å². The van der Waals surface area contributed by atoms with E-state index >= 15 is 0 Å². The Morgan fingerprint density at radius 1 is 1.00 bits per heavy atom. The minimum Gasteiger partial charge on any atom is -0.305 e. The van der Waals surface area contributed by atoms with Crippen LogP contribution in [0.2, 0.25) is 0 Å². The van der Waals surface area contributed by atoms with Gasteiger partial charge in [-0.15, -0.1) is 0 Å². The molecule has 3 heteroatoms. The molecule has 0 N–H and O–H groups in total. The van der Waals surface area contributed by atoms with Crippen molar-refractivity contribution in [2.75, 3.05) is 39.8 Å². The van der Waals surface area contributed by atoms with E-state index in [1.807, 2.05) is 0 Å². The van der Waals surface area contributed by atoms with Gasteiger partial charge in [0.05, 0.1) is 0 Å². The summed E-state index contributed by atoms with van der Waals surface area (Å²) in [5, 5.41) is 0. The van der Waals surface area contributed by atoms with Crippen LogP contribution >= 0.6 is 0 Å². The third-order valence-electron chi connectivity index (χ3n) is 2.80. The fraction of sp³-hybridized carbons (Fsp3) is 0.917. The van der Waals surface area contributed by atoms with Crippen molar-refractivity contribution in [2.24, 2.45) is 0 Å². The number of carbonyl (C=O) groups is 1. The summed E-state index contributed by atoms with van der Waals surface area (Å²) in [6.07, 6.45) is 3.88.